The van der Waals surface area contributed by atoms with Gasteiger partial charge in [-0.05, 0) is 48.9 Å². The van der Waals surface area contributed by atoms with Gasteiger partial charge in [-0.1, -0.05) is 6.07 Å². The molecule has 1 unspecified atom stereocenters. The molecule has 0 aromatic heterocycles. The number of rotatable bonds is 3. The van der Waals surface area contributed by atoms with Gasteiger partial charge in [-0.25, -0.2) is 0 Å². The Bertz CT molecular complexity index is 367. The molecule has 1 aliphatic rings. The van der Waals surface area contributed by atoms with Gasteiger partial charge in [0.15, 0.2) is 0 Å². The minimum absolute atomic E-state index is 0.497. The van der Waals surface area contributed by atoms with Crippen molar-refractivity contribution in [1.29, 1.82) is 0 Å². The first-order valence-corrected chi connectivity index (χ1v) is 6.37. The Labute approximate surface area is 103 Å². The van der Waals surface area contributed by atoms with Gasteiger partial charge >= 0.3 is 0 Å². The highest BCUT2D eigenvalue weighted by Gasteiger charge is 2.24. The molecule has 0 fully saturated rings. The molecule has 88 valence electrons. The number of likely N-dealkylation sites (N-methyl/N-ethyl adjacent to an activating group) is 1. The Balaban J connectivity index is 2.35. The molecular formula is C13H19NOS. The summed E-state index contributed by atoms with van der Waals surface area (Å²) >= 11 is 4.35. The summed E-state index contributed by atoms with van der Waals surface area (Å²) in [7, 11) is 3.92. The zero-order valence-electron chi connectivity index (χ0n) is 9.94. The first kappa shape index (κ1) is 11.8. The second kappa shape index (κ2) is 5.11. The maximum absolute atomic E-state index is 5.30. The summed E-state index contributed by atoms with van der Waals surface area (Å²) in [6, 6.07) is 6.93. The van der Waals surface area contributed by atoms with Crippen LogP contribution in [0.4, 0.5) is 0 Å². The third-order valence-corrected chi connectivity index (χ3v) is 3.64. The Hall–Kier alpha value is -0.670. The highest BCUT2D eigenvalue weighted by molar-refractivity contribution is 7.80. The standard InChI is InChI=1S/C13H19NOS/c1-14-7-5-10-3-4-11(15-2)9-12(10)13(14)6-8-16/h3-4,9,13,16H,5-8H2,1-2H3. The molecule has 0 radical (unpaired) electrons. The normalized spacial score (nSPS) is 20.6. The van der Waals surface area contributed by atoms with Crippen molar-refractivity contribution < 1.29 is 4.74 Å². The van der Waals surface area contributed by atoms with Gasteiger partial charge in [0, 0.05) is 12.6 Å². The van der Waals surface area contributed by atoms with Crippen molar-refractivity contribution in [3.63, 3.8) is 0 Å². The highest BCUT2D eigenvalue weighted by atomic mass is 32.1. The lowest BCUT2D eigenvalue weighted by atomic mass is 9.91. The Morgan fingerprint density at radius 2 is 2.31 bits per heavy atom. The summed E-state index contributed by atoms with van der Waals surface area (Å²) in [6.07, 6.45) is 2.23. The van der Waals surface area contributed by atoms with E-state index in [0.717, 1.165) is 30.9 Å². The van der Waals surface area contributed by atoms with E-state index in [-0.39, 0.29) is 0 Å². The lowest BCUT2D eigenvalue weighted by molar-refractivity contribution is 0.226. The van der Waals surface area contributed by atoms with Gasteiger partial charge in [-0.15, -0.1) is 0 Å². The molecule has 2 rings (SSSR count). The predicted octanol–water partition coefficient (Wildman–Crippen LogP) is 2.54. The van der Waals surface area contributed by atoms with Crippen molar-refractivity contribution in [2.75, 3.05) is 26.5 Å². The minimum atomic E-state index is 0.497. The Morgan fingerprint density at radius 3 is 3.00 bits per heavy atom. The van der Waals surface area contributed by atoms with E-state index in [1.807, 2.05) is 0 Å². The van der Waals surface area contributed by atoms with Crippen molar-refractivity contribution >= 4 is 12.6 Å². The van der Waals surface area contributed by atoms with Crippen molar-refractivity contribution in [1.82, 2.24) is 4.90 Å². The highest BCUT2D eigenvalue weighted by Crippen LogP contribution is 2.33. The number of methoxy groups -OCH3 is 1. The fourth-order valence-electron chi connectivity index (χ4n) is 2.43. The third-order valence-electron chi connectivity index (χ3n) is 3.38. The molecule has 0 saturated heterocycles. The lowest BCUT2D eigenvalue weighted by Gasteiger charge is -2.34. The maximum atomic E-state index is 5.30. The Morgan fingerprint density at radius 1 is 1.50 bits per heavy atom. The van der Waals surface area contributed by atoms with Gasteiger partial charge in [0.05, 0.1) is 7.11 Å². The molecule has 2 nitrogen and oxygen atoms in total. The smallest absolute Gasteiger partial charge is 0.119 e. The van der Waals surface area contributed by atoms with Crippen LogP contribution in [0.2, 0.25) is 0 Å². The number of nitrogens with zero attached hydrogens (tertiary/aromatic N) is 1. The molecule has 1 atom stereocenters. The van der Waals surface area contributed by atoms with Gasteiger partial charge in [-0.2, -0.15) is 12.6 Å². The van der Waals surface area contributed by atoms with Crippen molar-refractivity contribution in [3.05, 3.63) is 29.3 Å². The summed E-state index contributed by atoms with van der Waals surface area (Å²) < 4.78 is 5.30. The first-order valence-electron chi connectivity index (χ1n) is 5.74. The fourth-order valence-corrected chi connectivity index (χ4v) is 2.67. The van der Waals surface area contributed by atoms with Crippen LogP contribution in [0.15, 0.2) is 18.2 Å². The largest absolute Gasteiger partial charge is 0.497 e. The maximum Gasteiger partial charge on any atom is 0.119 e. The molecule has 1 aliphatic heterocycles. The summed E-state index contributed by atoms with van der Waals surface area (Å²) in [5.74, 6) is 1.88. The molecule has 1 heterocycles. The van der Waals surface area contributed by atoms with Gasteiger partial charge in [-0.3, -0.25) is 4.90 Å². The summed E-state index contributed by atoms with van der Waals surface area (Å²) in [6.45, 7) is 1.14. The molecular weight excluding hydrogens is 218 g/mol. The number of thiol groups is 1. The number of hydrogen-bond donors (Lipinski definition) is 1. The van der Waals surface area contributed by atoms with Gasteiger partial charge < -0.3 is 4.74 Å². The van der Waals surface area contributed by atoms with Crippen LogP contribution >= 0.6 is 12.6 Å². The molecule has 0 saturated carbocycles. The Kier molecular flexibility index (Phi) is 3.77. The van der Waals surface area contributed by atoms with E-state index < -0.39 is 0 Å². The van der Waals surface area contributed by atoms with E-state index in [1.54, 1.807) is 7.11 Å². The van der Waals surface area contributed by atoms with Crippen LogP contribution in [0, 0.1) is 0 Å². The van der Waals surface area contributed by atoms with Crippen molar-refractivity contribution in [3.8, 4) is 5.75 Å². The van der Waals surface area contributed by atoms with Crippen LogP contribution in [-0.4, -0.2) is 31.4 Å². The molecule has 16 heavy (non-hydrogen) atoms. The van der Waals surface area contributed by atoms with Gasteiger partial charge in [0.25, 0.3) is 0 Å². The fraction of sp³-hybridized carbons (Fsp3) is 0.538. The SMILES string of the molecule is COc1ccc2c(c1)C(CCS)N(C)CC2. The summed E-state index contributed by atoms with van der Waals surface area (Å²) in [5.41, 5.74) is 2.88. The second-order valence-corrected chi connectivity index (χ2v) is 4.77. The average Bonchev–Trinajstić information content (AvgIpc) is 2.32. The summed E-state index contributed by atoms with van der Waals surface area (Å²) in [5, 5.41) is 0. The number of fused-ring (bicyclic) bond motifs is 1. The van der Waals surface area contributed by atoms with Crippen LogP contribution in [0.5, 0.6) is 5.75 Å². The molecule has 1 aromatic rings. The van der Waals surface area contributed by atoms with E-state index >= 15 is 0 Å². The van der Waals surface area contributed by atoms with E-state index in [0.29, 0.717) is 6.04 Å². The first-order chi connectivity index (χ1) is 7.76. The van der Waals surface area contributed by atoms with Crippen LogP contribution in [0.25, 0.3) is 0 Å². The van der Waals surface area contributed by atoms with Crippen molar-refractivity contribution in [2.24, 2.45) is 0 Å². The van der Waals surface area contributed by atoms with Crippen LogP contribution in [0.1, 0.15) is 23.6 Å². The second-order valence-electron chi connectivity index (χ2n) is 4.32. The third kappa shape index (κ3) is 2.20. The van der Waals surface area contributed by atoms with E-state index in [9.17, 15) is 0 Å². The van der Waals surface area contributed by atoms with Gasteiger partial charge in [0.2, 0.25) is 0 Å². The molecule has 0 aliphatic carbocycles. The predicted molar refractivity (Wildman–Crippen MR) is 70.5 cm³/mol. The van der Waals surface area contributed by atoms with Crippen LogP contribution in [0.3, 0.4) is 0 Å². The van der Waals surface area contributed by atoms with Crippen LogP contribution in [-0.2, 0) is 6.42 Å². The summed E-state index contributed by atoms with van der Waals surface area (Å²) in [4.78, 5) is 2.41. The topological polar surface area (TPSA) is 12.5 Å². The average molecular weight is 237 g/mol. The monoisotopic (exact) mass is 237 g/mol. The number of ether oxygens (including phenoxy) is 1. The number of benzene rings is 1. The number of hydrogen-bond acceptors (Lipinski definition) is 3. The molecule has 0 N–H and O–H groups in total. The van der Waals surface area contributed by atoms with Crippen molar-refractivity contribution in [2.45, 2.75) is 18.9 Å². The molecule has 0 amide bonds. The molecule has 1 aromatic carbocycles. The quantitative estimate of drug-likeness (QED) is 0.811. The molecule has 0 bridgehead atoms. The zero-order chi connectivity index (χ0) is 11.5. The van der Waals surface area contributed by atoms with E-state index in [4.69, 9.17) is 4.74 Å². The van der Waals surface area contributed by atoms with E-state index in [1.165, 1.54) is 11.1 Å². The van der Waals surface area contributed by atoms with Gasteiger partial charge in [0.1, 0.15) is 5.75 Å². The minimum Gasteiger partial charge on any atom is -0.497 e. The molecule has 3 heteroatoms. The van der Waals surface area contributed by atoms with E-state index in [2.05, 4.69) is 42.8 Å². The van der Waals surface area contributed by atoms with Crippen LogP contribution < -0.4 is 4.74 Å². The zero-order valence-corrected chi connectivity index (χ0v) is 10.8. The molecule has 0 spiro atoms. The lowest BCUT2D eigenvalue weighted by Crippen LogP contribution is -2.32.